The van der Waals surface area contributed by atoms with Crippen LogP contribution < -0.4 is 10.1 Å². The van der Waals surface area contributed by atoms with Crippen LogP contribution in [-0.4, -0.2) is 20.2 Å². The van der Waals surface area contributed by atoms with Gasteiger partial charge in [-0.1, -0.05) is 19.6 Å². The minimum Gasteiger partial charge on any atom is -0.495 e. The molecule has 1 aromatic rings. The fourth-order valence-electron chi connectivity index (χ4n) is 1.24. The molecular formula is C10H14N2OSi. The number of nitrogens with zero attached hydrogens (tertiary/aromatic N) is 2. The third-order valence-corrected chi connectivity index (χ3v) is 3.75. The van der Waals surface area contributed by atoms with Crippen molar-refractivity contribution < 1.29 is 4.74 Å². The zero-order valence-corrected chi connectivity index (χ0v) is 9.96. The number of rotatable bonds is 2. The molecule has 0 aromatic carbocycles. The van der Waals surface area contributed by atoms with Gasteiger partial charge in [-0.25, -0.2) is 0 Å². The molecule has 0 aliphatic carbocycles. The normalized spacial score (nSPS) is 10.8. The van der Waals surface area contributed by atoms with Gasteiger partial charge in [0.1, 0.15) is 19.9 Å². The summed E-state index contributed by atoms with van der Waals surface area (Å²) in [6, 6.07) is 3.92. The molecule has 3 nitrogen and oxygen atoms in total. The molecule has 14 heavy (non-hydrogen) atoms. The van der Waals surface area contributed by atoms with E-state index in [-0.39, 0.29) is 0 Å². The molecule has 0 saturated carbocycles. The van der Waals surface area contributed by atoms with Gasteiger partial charge in [0.25, 0.3) is 0 Å². The molecule has 0 N–H and O–H groups in total. The van der Waals surface area contributed by atoms with E-state index in [1.807, 2.05) is 0 Å². The third kappa shape index (κ3) is 2.12. The van der Waals surface area contributed by atoms with Crippen LogP contribution in [0.25, 0.3) is 0 Å². The van der Waals surface area contributed by atoms with Gasteiger partial charge >= 0.3 is 0 Å². The fraction of sp³-hybridized carbons (Fsp3) is 0.400. The van der Waals surface area contributed by atoms with E-state index in [1.54, 1.807) is 19.4 Å². The van der Waals surface area contributed by atoms with E-state index in [1.165, 1.54) is 0 Å². The Morgan fingerprint density at radius 3 is 2.50 bits per heavy atom. The van der Waals surface area contributed by atoms with E-state index in [2.05, 4.69) is 30.7 Å². The van der Waals surface area contributed by atoms with E-state index < -0.39 is 8.07 Å². The highest BCUT2D eigenvalue weighted by molar-refractivity contribution is 6.88. The van der Waals surface area contributed by atoms with Crippen LogP contribution in [0.3, 0.4) is 0 Å². The first kappa shape index (κ1) is 10.7. The van der Waals surface area contributed by atoms with Crippen LogP contribution in [0.15, 0.2) is 12.3 Å². The lowest BCUT2D eigenvalue weighted by molar-refractivity contribution is 0.413. The van der Waals surface area contributed by atoms with E-state index in [0.717, 1.165) is 5.32 Å². The molecule has 0 unspecified atom stereocenters. The van der Waals surface area contributed by atoms with Crippen molar-refractivity contribution in [1.82, 2.24) is 4.98 Å². The van der Waals surface area contributed by atoms with Gasteiger partial charge in [0.05, 0.1) is 18.9 Å². The number of hydrogen-bond acceptors (Lipinski definition) is 3. The van der Waals surface area contributed by atoms with E-state index in [9.17, 15) is 0 Å². The van der Waals surface area contributed by atoms with Crippen molar-refractivity contribution in [2.24, 2.45) is 0 Å². The molecular weight excluding hydrogens is 192 g/mol. The summed E-state index contributed by atoms with van der Waals surface area (Å²) in [4.78, 5) is 4.31. The molecule has 1 aromatic heterocycles. The predicted octanol–water partition coefficient (Wildman–Crippen LogP) is 1.51. The second kappa shape index (κ2) is 3.80. The van der Waals surface area contributed by atoms with Crippen LogP contribution in [0.4, 0.5) is 0 Å². The van der Waals surface area contributed by atoms with Crippen molar-refractivity contribution in [3.8, 4) is 11.8 Å². The Morgan fingerprint density at radius 2 is 2.07 bits per heavy atom. The largest absolute Gasteiger partial charge is 0.495 e. The molecule has 0 radical (unpaired) electrons. The maximum atomic E-state index is 8.98. The van der Waals surface area contributed by atoms with Crippen LogP contribution in [-0.2, 0) is 0 Å². The first-order valence-corrected chi connectivity index (χ1v) is 7.93. The summed E-state index contributed by atoms with van der Waals surface area (Å²) in [6.45, 7) is 6.51. The number of nitriles is 1. The fourth-order valence-corrected chi connectivity index (χ4v) is 2.63. The quantitative estimate of drug-likeness (QED) is 0.689. The number of methoxy groups -OCH3 is 1. The Labute approximate surface area is 85.4 Å². The lowest BCUT2D eigenvalue weighted by Gasteiger charge is -2.16. The van der Waals surface area contributed by atoms with Gasteiger partial charge < -0.3 is 4.74 Å². The highest BCUT2D eigenvalue weighted by Crippen LogP contribution is 2.11. The molecule has 0 bridgehead atoms. The molecule has 1 heterocycles. The molecule has 1 rings (SSSR count). The van der Waals surface area contributed by atoms with Gasteiger partial charge in [-0.3, -0.25) is 4.98 Å². The average molecular weight is 206 g/mol. The summed E-state index contributed by atoms with van der Waals surface area (Å²) in [5.74, 6) is 0.642. The zero-order valence-electron chi connectivity index (χ0n) is 8.96. The summed E-state index contributed by atoms with van der Waals surface area (Å²) in [6.07, 6.45) is 1.68. The Morgan fingerprint density at radius 1 is 1.43 bits per heavy atom. The number of pyridine rings is 1. The molecule has 0 spiro atoms. The molecule has 0 atom stereocenters. The van der Waals surface area contributed by atoms with Crippen molar-refractivity contribution in [3.63, 3.8) is 0 Å². The molecule has 74 valence electrons. The highest BCUT2D eigenvalue weighted by atomic mass is 28.3. The minimum absolute atomic E-state index is 0.642. The number of aromatic nitrogens is 1. The molecule has 0 fully saturated rings. The average Bonchev–Trinajstić information content (AvgIpc) is 2.15. The van der Waals surface area contributed by atoms with Gasteiger partial charge in [0, 0.05) is 11.4 Å². The van der Waals surface area contributed by atoms with Gasteiger partial charge in [-0.05, 0) is 0 Å². The Balaban J connectivity index is 3.28. The maximum Gasteiger partial charge on any atom is 0.138 e. The molecule has 0 saturated heterocycles. The monoisotopic (exact) mass is 206 g/mol. The number of ether oxygens (including phenoxy) is 1. The second-order valence-corrected chi connectivity index (χ2v) is 9.11. The van der Waals surface area contributed by atoms with E-state index >= 15 is 0 Å². The van der Waals surface area contributed by atoms with Gasteiger partial charge in [-0.2, -0.15) is 5.26 Å². The maximum absolute atomic E-state index is 8.98. The van der Waals surface area contributed by atoms with Crippen LogP contribution >= 0.6 is 0 Å². The first-order chi connectivity index (χ1) is 6.49. The lowest BCUT2D eigenvalue weighted by atomic mass is 10.3. The van der Waals surface area contributed by atoms with Gasteiger partial charge in [0.15, 0.2) is 0 Å². The van der Waals surface area contributed by atoms with Crippen LogP contribution in [0.5, 0.6) is 5.75 Å². The van der Waals surface area contributed by atoms with Gasteiger partial charge in [0.2, 0.25) is 0 Å². The predicted molar refractivity (Wildman–Crippen MR) is 58.5 cm³/mol. The van der Waals surface area contributed by atoms with E-state index in [0.29, 0.717) is 11.3 Å². The SMILES string of the molecule is COc1cnc([Si](C)(C)C)c(C#N)c1. The lowest BCUT2D eigenvalue weighted by Crippen LogP contribution is -2.41. The summed E-state index contributed by atoms with van der Waals surface area (Å²) in [7, 11) is 0.0520. The minimum atomic E-state index is -1.52. The van der Waals surface area contributed by atoms with Crippen LogP contribution in [0.2, 0.25) is 19.6 Å². The van der Waals surface area contributed by atoms with Crippen LogP contribution in [0.1, 0.15) is 5.56 Å². The highest BCUT2D eigenvalue weighted by Gasteiger charge is 2.22. The summed E-state index contributed by atoms with van der Waals surface area (Å²) in [5, 5.41) is 9.92. The van der Waals surface area contributed by atoms with E-state index in [4.69, 9.17) is 10.00 Å². The molecule has 0 aliphatic heterocycles. The Kier molecular flexibility index (Phi) is 2.92. The standard InChI is InChI=1S/C10H14N2OSi/c1-13-9-5-8(6-11)10(12-7-9)14(2,3)4/h5,7H,1-4H3. The molecule has 4 heteroatoms. The van der Waals surface area contributed by atoms with Crippen LogP contribution in [0, 0.1) is 11.3 Å². The Hall–Kier alpha value is -1.34. The molecule has 0 amide bonds. The van der Waals surface area contributed by atoms with Crippen molar-refractivity contribution in [3.05, 3.63) is 17.8 Å². The zero-order chi connectivity index (χ0) is 10.8. The number of hydrogen-bond donors (Lipinski definition) is 0. The third-order valence-electron chi connectivity index (χ3n) is 1.93. The first-order valence-electron chi connectivity index (χ1n) is 4.43. The summed E-state index contributed by atoms with van der Waals surface area (Å²) < 4.78 is 5.03. The topological polar surface area (TPSA) is 45.9 Å². The van der Waals surface area contributed by atoms with Crippen molar-refractivity contribution >= 4 is 13.4 Å². The van der Waals surface area contributed by atoms with Crippen molar-refractivity contribution in [2.75, 3.05) is 7.11 Å². The van der Waals surface area contributed by atoms with Crippen molar-refractivity contribution in [1.29, 1.82) is 5.26 Å². The van der Waals surface area contributed by atoms with Crippen molar-refractivity contribution in [2.45, 2.75) is 19.6 Å². The smallest absolute Gasteiger partial charge is 0.138 e. The summed E-state index contributed by atoms with van der Waals surface area (Å²) >= 11 is 0. The second-order valence-electron chi connectivity index (χ2n) is 4.13. The Bertz CT molecular complexity index is 377. The summed E-state index contributed by atoms with van der Waals surface area (Å²) in [5.41, 5.74) is 0.642. The molecule has 0 aliphatic rings. The van der Waals surface area contributed by atoms with Gasteiger partial charge in [-0.15, -0.1) is 0 Å².